The van der Waals surface area contributed by atoms with Crippen molar-refractivity contribution in [3.63, 3.8) is 0 Å². The van der Waals surface area contributed by atoms with Crippen molar-refractivity contribution in [2.75, 3.05) is 44.3 Å². The molecule has 0 radical (unpaired) electrons. The Bertz CT molecular complexity index is 998. The molecule has 5 rings (SSSR count). The zero-order chi connectivity index (χ0) is 22.6. The van der Waals surface area contributed by atoms with E-state index in [-0.39, 0.29) is 17.7 Å². The summed E-state index contributed by atoms with van der Waals surface area (Å²) >= 11 is 0. The standard InChI is InChI=1S/C26H34N4O3/c31-25(27-20-8-2-1-3-9-20)19-7-6-12-30(18-19)24-17-22(21-10-4-5-11-23(21)28-24)26(32)29-13-15-33-16-14-29/h4-5,10-11,17,19-20H,1-3,6-9,12-16,18H2,(H,27,31). The number of hydrogen-bond acceptors (Lipinski definition) is 5. The summed E-state index contributed by atoms with van der Waals surface area (Å²) in [6, 6.07) is 10.1. The van der Waals surface area contributed by atoms with E-state index in [1.54, 1.807) is 0 Å². The van der Waals surface area contributed by atoms with Crippen LogP contribution in [-0.4, -0.2) is 67.1 Å². The molecule has 1 saturated carbocycles. The van der Waals surface area contributed by atoms with Gasteiger partial charge in [0.25, 0.3) is 5.91 Å². The maximum Gasteiger partial charge on any atom is 0.254 e. The number of benzene rings is 1. The van der Waals surface area contributed by atoms with E-state index in [9.17, 15) is 9.59 Å². The number of carbonyl (C=O) groups excluding carboxylic acids is 2. The molecule has 1 aromatic heterocycles. The van der Waals surface area contributed by atoms with E-state index in [1.165, 1.54) is 19.3 Å². The molecular weight excluding hydrogens is 416 g/mol. The van der Waals surface area contributed by atoms with Crippen molar-refractivity contribution in [3.05, 3.63) is 35.9 Å². The number of nitrogens with one attached hydrogen (secondary N) is 1. The highest BCUT2D eigenvalue weighted by atomic mass is 16.5. The van der Waals surface area contributed by atoms with Crippen LogP contribution in [0.4, 0.5) is 5.82 Å². The number of nitrogens with zero attached hydrogens (tertiary/aromatic N) is 3. The normalized spacial score (nSPS) is 22.4. The van der Waals surface area contributed by atoms with Gasteiger partial charge in [-0.05, 0) is 37.8 Å². The van der Waals surface area contributed by atoms with E-state index in [1.807, 2.05) is 35.2 Å². The Morgan fingerprint density at radius 2 is 1.76 bits per heavy atom. The van der Waals surface area contributed by atoms with Crippen molar-refractivity contribution in [2.24, 2.45) is 5.92 Å². The van der Waals surface area contributed by atoms with Crippen LogP contribution in [0.1, 0.15) is 55.3 Å². The van der Waals surface area contributed by atoms with Crippen LogP contribution in [0, 0.1) is 5.92 Å². The number of fused-ring (bicyclic) bond motifs is 1. The number of amides is 2. The maximum atomic E-state index is 13.4. The molecule has 0 spiro atoms. The molecule has 1 unspecified atom stereocenters. The van der Waals surface area contributed by atoms with Crippen LogP contribution in [0.3, 0.4) is 0 Å². The van der Waals surface area contributed by atoms with Crippen molar-refractivity contribution < 1.29 is 14.3 Å². The van der Waals surface area contributed by atoms with Crippen LogP contribution in [0.15, 0.2) is 30.3 Å². The van der Waals surface area contributed by atoms with E-state index in [4.69, 9.17) is 9.72 Å². The Kier molecular flexibility index (Phi) is 6.76. The second-order valence-electron chi connectivity index (χ2n) is 9.58. The van der Waals surface area contributed by atoms with E-state index in [0.717, 1.165) is 48.9 Å². The Balaban J connectivity index is 1.37. The van der Waals surface area contributed by atoms with Gasteiger partial charge >= 0.3 is 0 Å². The molecule has 33 heavy (non-hydrogen) atoms. The summed E-state index contributed by atoms with van der Waals surface area (Å²) in [5, 5.41) is 4.18. The Morgan fingerprint density at radius 3 is 2.58 bits per heavy atom. The molecule has 2 amide bonds. The molecule has 2 saturated heterocycles. The van der Waals surface area contributed by atoms with E-state index in [2.05, 4.69) is 10.2 Å². The summed E-state index contributed by atoms with van der Waals surface area (Å²) < 4.78 is 5.43. The van der Waals surface area contributed by atoms with Gasteiger partial charge in [-0.2, -0.15) is 0 Å². The molecule has 7 nitrogen and oxygen atoms in total. The average Bonchev–Trinajstić information content (AvgIpc) is 2.89. The van der Waals surface area contributed by atoms with Crippen molar-refractivity contribution in [2.45, 2.75) is 51.0 Å². The number of piperidine rings is 1. The molecule has 1 N–H and O–H groups in total. The molecule has 1 aliphatic carbocycles. The average molecular weight is 451 g/mol. The number of para-hydroxylation sites is 1. The van der Waals surface area contributed by atoms with Gasteiger partial charge in [0.15, 0.2) is 0 Å². The molecule has 3 heterocycles. The molecule has 3 fully saturated rings. The number of ether oxygens (including phenoxy) is 1. The van der Waals surface area contributed by atoms with Crippen molar-refractivity contribution >= 4 is 28.5 Å². The Morgan fingerprint density at radius 1 is 0.970 bits per heavy atom. The van der Waals surface area contributed by atoms with Gasteiger partial charge in [-0.3, -0.25) is 9.59 Å². The molecule has 7 heteroatoms. The molecule has 2 aliphatic heterocycles. The fourth-order valence-corrected chi connectivity index (χ4v) is 5.40. The Labute approximate surface area is 195 Å². The SMILES string of the molecule is O=C(NC1CCCCC1)C1CCCN(c2cc(C(=O)N3CCOCC3)c3ccccc3n2)C1. The summed E-state index contributed by atoms with van der Waals surface area (Å²) in [4.78, 5) is 35.4. The van der Waals surface area contributed by atoms with Crippen LogP contribution in [0.2, 0.25) is 0 Å². The lowest BCUT2D eigenvalue weighted by atomic mass is 9.93. The molecular formula is C26H34N4O3. The molecule has 176 valence electrons. The van der Waals surface area contributed by atoms with Gasteiger partial charge in [-0.15, -0.1) is 0 Å². The van der Waals surface area contributed by atoms with Gasteiger partial charge in [0, 0.05) is 37.6 Å². The number of rotatable bonds is 4. The summed E-state index contributed by atoms with van der Waals surface area (Å²) in [5.41, 5.74) is 1.51. The summed E-state index contributed by atoms with van der Waals surface area (Å²) in [7, 11) is 0. The largest absolute Gasteiger partial charge is 0.378 e. The van der Waals surface area contributed by atoms with Crippen molar-refractivity contribution in [3.8, 4) is 0 Å². The predicted octanol–water partition coefficient (Wildman–Crippen LogP) is 3.37. The molecule has 0 bridgehead atoms. The zero-order valence-corrected chi connectivity index (χ0v) is 19.3. The van der Waals surface area contributed by atoms with Gasteiger partial charge in [0.05, 0.1) is 30.2 Å². The first kappa shape index (κ1) is 22.1. The number of anilines is 1. The highest BCUT2D eigenvalue weighted by molar-refractivity contribution is 6.07. The second-order valence-corrected chi connectivity index (χ2v) is 9.58. The highest BCUT2D eigenvalue weighted by Crippen LogP contribution is 2.28. The maximum absolute atomic E-state index is 13.4. The zero-order valence-electron chi connectivity index (χ0n) is 19.3. The number of aromatic nitrogens is 1. The minimum Gasteiger partial charge on any atom is -0.378 e. The lowest BCUT2D eigenvalue weighted by Gasteiger charge is -2.34. The van der Waals surface area contributed by atoms with Gasteiger partial charge in [0.2, 0.25) is 5.91 Å². The third-order valence-electron chi connectivity index (χ3n) is 7.30. The smallest absolute Gasteiger partial charge is 0.254 e. The van der Waals surface area contributed by atoms with Crippen LogP contribution in [0.25, 0.3) is 10.9 Å². The van der Waals surface area contributed by atoms with Crippen LogP contribution in [0.5, 0.6) is 0 Å². The van der Waals surface area contributed by atoms with Crippen LogP contribution < -0.4 is 10.2 Å². The first-order valence-corrected chi connectivity index (χ1v) is 12.5. The van der Waals surface area contributed by atoms with Crippen LogP contribution >= 0.6 is 0 Å². The molecule has 1 aromatic carbocycles. The fourth-order valence-electron chi connectivity index (χ4n) is 5.40. The molecule has 1 atom stereocenters. The number of carbonyl (C=O) groups is 2. The van der Waals surface area contributed by atoms with Crippen molar-refractivity contribution in [1.29, 1.82) is 0 Å². The van der Waals surface area contributed by atoms with Gasteiger partial charge < -0.3 is 19.9 Å². The molecule has 2 aromatic rings. The van der Waals surface area contributed by atoms with Crippen LogP contribution in [-0.2, 0) is 9.53 Å². The third kappa shape index (κ3) is 4.98. The molecule has 3 aliphatic rings. The number of pyridine rings is 1. The highest BCUT2D eigenvalue weighted by Gasteiger charge is 2.29. The summed E-state index contributed by atoms with van der Waals surface area (Å²) in [6.45, 7) is 3.87. The van der Waals surface area contributed by atoms with Gasteiger partial charge in [0.1, 0.15) is 5.82 Å². The Hall–Kier alpha value is -2.67. The lowest BCUT2D eigenvalue weighted by molar-refractivity contribution is -0.126. The summed E-state index contributed by atoms with van der Waals surface area (Å²) in [5.74, 6) is 0.964. The quantitative estimate of drug-likeness (QED) is 0.773. The number of hydrogen-bond donors (Lipinski definition) is 1. The number of morpholine rings is 1. The summed E-state index contributed by atoms with van der Waals surface area (Å²) in [6.07, 6.45) is 7.75. The topological polar surface area (TPSA) is 74.8 Å². The first-order valence-electron chi connectivity index (χ1n) is 12.5. The minimum atomic E-state index is -0.0349. The first-order chi connectivity index (χ1) is 16.2. The lowest BCUT2D eigenvalue weighted by Crippen LogP contribution is -2.46. The van der Waals surface area contributed by atoms with Crippen molar-refractivity contribution in [1.82, 2.24) is 15.2 Å². The predicted molar refractivity (Wildman–Crippen MR) is 128 cm³/mol. The van der Waals surface area contributed by atoms with E-state index < -0.39 is 0 Å². The van der Waals surface area contributed by atoms with Gasteiger partial charge in [-0.25, -0.2) is 4.98 Å². The van der Waals surface area contributed by atoms with E-state index >= 15 is 0 Å². The second kappa shape index (κ2) is 10.1. The fraction of sp³-hybridized carbons (Fsp3) is 0.577. The van der Waals surface area contributed by atoms with Gasteiger partial charge in [-0.1, -0.05) is 37.5 Å². The third-order valence-corrected chi connectivity index (χ3v) is 7.30. The monoisotopic (exact) mass is 450 g/mol. The minimum absolute atomic E-state index is 0.0294. The van der Waals surface area contributed by atoms with E-state index in [0.29, 0.717) is 44.5 Å².